The highest BCUT2D eigenvalue weighted by atomic mass is 14.3. The Bertz CT molecular complexity index is 463. The molecule has 0 bridgehead atoms. The third kappa shape index (κ3) is 2.41. The van der Waals surface area contributed by atoms with Gasteiger partial charge >= 0.3 is 0 Å². The fourth-order valence-corrected chi connectivity index (χ4v) is 2.18. The van der Waals surface area contributed by atoms with Crippen molar-refractivity contribution in [3.8, 4) is 0 Å². The smallest absolute Gasteiger partial charge is 0.0146 e. The summed E-state index contributed by atoms with van der Waals surface area (Å²) in [4.78, 5) is 0. The Labute approximate surface area is 104 Å². The fraction of sp³-hybridized carbons (Fsp3) is 0.294. The summed E-state index contributed by atoms with van der Waals surface area (Å²) in [6.45, 7) is 6.75. The van der Waals surface area contributed by atoms with Gasteiger partial charge in [-0.1, -0.05) is 75.4 Å². The maximum atomic E-state index is 2.28. The Balaban J connectivity index is 2.37. The molecule has 0 aliphatic carbocycles. The van der Waals surface area contributed by atoms with Gasteiger partial charge in [-0.15, -0.1) is 0 Å². The molecule has 0 aliphatic heterocycles. The standard InChI is InChI=1S/C17H20/c1-4-14-10-12-16(13-11-14)17(2,3)15-8-6-5-7-9-15/h5-13H,4H2,1-3H3. The van der Waals surface area contributed by atoms with Crippen LogP contribution >= 0.6 is 0 Å². The highest BCUT2D eigenvalue weighted by molar-refractivity contribution is 5.38. The van der Waals surface area contributed by atoms with Crippen molar-refractivity contribution in [3.63, 3.8) is 0 Å². The molecule has 0 nitrogen and oxygen atoms in total. The highest BCUT2D eigenvalue weighted by Crippen LogP contribution is 2.31. The average molecular weight is 224 g/mol. The molecular weight excluding hydrogens is 204 g/mol. The van der Waals surface area contributed by atoms with Gasteiger partial charge in [-0.25, -0.2) is 0 Å². The van der Waals surface area contributed by atoms with E-state index in [1.165, 1.54) is 16.7 Å². The minimum atomic E-state index is 0.0769. The molecule has 0 unspecified atom stereocenters. The summed E-state index contributed by atoms with van der Waals surface area (Å²) < 4.78 is 0. The van der Waals surface area contributed by atoms with Crippen LogP contribution in [-0.2, 0) is 11.8 Å². The van der Waals surface area contributed by atoms with Gasteiger partial charge in [-0.2, -0.15) is 0 Å². The van der Waals surface area contributed by atoms with E-state index in [0.29, 0.717) is 0 Å². The lowest BCUT2D eigenvalue weighted by molar-refractivity contribution is 0.640. The zero-order chi connectivity index (χ0) is 12.3. The number of hydrogen-bond donors (Lipinski definition) is 0. The van der Waals surface area contributed by atoms with Crippen LogP contribution in [0.5, 0.6) is 0 Å². The third-order valence-corrected chi connectivity index (χ3v) is 3.58. The molecule has 0 saturated carbocycles. The van der Waals surface area contributed by atoms with Gasteiger partial charge in [-0.05, 0) is 23.1 Å². The first kappa shape index (κ1) is 11.9. The van der Waals surface area contributed by atoms with E-state index in [0.717, 1.165) is 6.42 Å². The van der Waals surface area contributed by atoms with Crippen LogP contribution in [0.1, 0.15) is 37.5 Å². The zero-order valence-corrected chi connectivity index (χ0v) is 10.9. The van der Waals surface area contributed by atoms with Crippen LogP contribution < -0.4 is 0 Å². The Morgan fingerprint density at radius 2 is 1.29 bits per heavy atom. The van der Waals surface area contributed by atoms with E-state index in [1.54, 1.807) is 0 Å². The first-order chi connectivity index (χ1) is 8.14. The topological polar surface area (TPSA) is 0 Å². The Hall–Kier alpha value is -1.56. The SMILES string of the molecule is CCc1ccc(C(C)(C)c2ccccc2)cc1. The predicted molar refractivity (Wildman–Crippen MR) is 74.4 cm³/mol. The van der Waals surface area contributed by atoms with Gasteiger partial charge in [0.15, 0.2) is 0 Å². The third-order valence-electron chi connectivity index (χ3n) is 3.58. The minimum Gasteiger partial charge on any atom is -0.0622 e. The average Bonchev–Trinajstić information content (AvgIpc) is 2.40. The molecule has 0 radical (unpaired) electrons. The molecule has 2 rings (SSSR count). The molecule has 0 fully saturated rings. The van der Waals surface area contributed by atoms with Crippen LogP contribution in [0.25, 0.3) is 0 Å². The van der Waals surface area contributed by atoms with Crippen LogP contribution in [-0.4, -0.2) is 0 Å². The van der Waals surface area contributed by atoms with Gasteiger partial charge in [0.05, 0.1) is 0 Å². The van der Waals surface area contributed by atoms with Gasteiger partial charge < -0.3 is 0 Å². The summed E-state index contributed by atoms with van der Waals surface area (Å²) in [5, 5.41) is 0. The summed E-state index contributed by atoms with van der Waals surface area (Å²) in [5.74, 6) is 0. The molecule has 0 heterocycles. The van der Waals surface area contributed by atoms with Crippen molar-refractivity contribution in [1.29, 1.82) is 0 Å². The van der Waals surface area contributed by atoms with Crippen LogP contribution in [0.2, 0.25) is 0 Å². The number of aryl methyl sites for hydroxylation is 1. The first-order valence-corrected chi connectivity index (χ1v) is 6.29. The van der Waals surface area contributed by atoms with E-state index in [9.17, 15) is 0 Å². The molecule has 0 amide bonds. The molecule has 0 saturated heterocycles. The molecule has 2 aromatic rings. The molecule has 0 aliphatic rings. The highest BCUT2D eigenvalue weighted by Gasteiger charge is 2.22. The Morgan fingerprint density at radius 1 is 0.765 bits per heavy atom. The van der Waals surface area contributed by atoms with E-state index in [2.05, 4.69) is 75.4 Å². The number of rotatable bonds is 3. The quantitative estimate of drug-likeness (QED) is 0.716. The largest absolute Gasteiger partial charge is 0.0622 e. The zero-order valence-electron chi connectivity index (χ0n) is 10.9. The van der Waals surface area contributed by atoms with Gasteiger partial charge in [0.25, 0.3) is 0 Å². The second-order valence-corrected chi connectivity index (χ2v) is 5.04. The number of hydrogen-bond acceptors (Lipinski definition) is 0. The molecule has 2 aromatic carbocycles. The molecule has 0 heteroatoms. The molecule has 88 valence electrons. The van der Waals surface area contributed by atoms with E-state index in [-0.39, 0.29) is 5.41 Å². The maximum Gasteiger partial charge on any atom is 0.0146 e. The normalized spacial score (nSPS) is 11.5. The predicted octanol–water partition coefficient (Wildman–Crippen LogP) is 4.57. The molecular formula is C17H20. The van der Waals surface area contributed by atoms with Crippen LogP contribution in [0.15, 0.2) is 54.6 Å². The van der Waals surface area contributed by atoms with Gasteiger partial charge in [0.2, 0.25) is 0 Å². The Morgan fingerprint density at radius 3 is 1.82 bits per heavy atom. The van der Waals surface area contributed by atoms with Crippen LogP contribution in [0.3, 0.4) is 0 Å². The Kier molecular flexibility index (Phi) is 3.33. The van der Waals surface area contributed by atoms with Crippen molar-refractivity contribution in [2.45, 2.75) is 32.6 Å². The van der Waals surface area contributed by atoms with Gasteiger partial charge in [0.1, 0.15) is 0 Å². The van der Waals surface area contributed by atoms with Crippen molar-refractivity contribution in [1.82, 2.24) is 0 Å². The van der Waals surface area contributed by atoms with Crippen molar-refractivity contribution in [2.24, 2.45) is 0 Å². The van der Waals surface area contributed by atoms with Crippen molar-refractivity contribution in [3.05, 3.63) is 71.3 Å². The van der Waals surface area contributed by atoms with Gasteiger partial charge in [-0.3, -0.25) is 0 Å². The lowest BCUT2D eigenvalue weighted by atomic mass is 9.78. The van der Waals surface area contributed by atoms with Gasteiger partial charge in [0, 0.05) is 5.41 Å². The second-order valence-electron chi connectivity index (χ2n) is 5.04. The lowest BCUT2D eigenvalue weighted by Gasteiger charge is -2.26. The summed E-state index contributed by atoms with van der Waals surface area (Å²) >= 11 is 0. The summed E-state index contributed by atoms with van der Waals surface area (Å²) in [5.41, 5.74) is 4.22. The lowest BCUT2D eigenvalue weighted by Crippen LogP contribution is -2.18. The van der Waals surface area contributed by atoms with Crippen LogP contribution in [0, 0.1) is 0 Å². The summed E-state index contributed by atoms with van der Waals surface area (Å²) in [7, 11) is 0. The number of benzene rings is 2. The van der Waals surface area contributed by atoms with Crippen molar-refractivity contribution in [2.75, 3.05) is 0 Å². The van der Waals surface area contributed by atoms with E-state index in [4.69, 9.17) is 0 Å². The first-order valence-electron chi connectivity index (χ1n) is 6.29. The fourth-order valence-electron chi connectivity index (χ4n) is 2.18. The molecule has 0 aromatic heterocycles. The molecule has 0 spiro atoms. The summed E-state index contributed by atoms with van der Waals surface area (Å²) in [6, 6.07) is 19.7. The van der Waals surface area contributed by atoms with Crippen molar-refractivity contribution >= 4 is 0 Å². The molecule has 0 N–H and O–H groups in total. The minimum absolute atomic E-state index is 0.0769. The molecule has 0 atom stereocenters. The van der Waals surface area contributed by atoms with E-state index >= 15 is 0 Å². The monoisotopic (exact) mass is 224 g/mol. The maximum absolute atomic E-state index is 2.28. The van der Waals surface area contributed by atoms with Crippen LogP contribution in [0.4, 0.5) is 0 Å². The second kappa shape index (κ2) is 4.75. The van der Waals surface area contributed by atoms with E-state index in [1.807, 2.05) is 0 Å². The van der Waals surface area contributed by atoms with E-state index < -0.39 is 0 Å². The van der Waals surface area contributed by atoms with Crippen molar-refractivity contribution < 1.29 is 0 Å². The molecule has 17 heavy (non-hydrogen) atoms. The summed E-state index contributed by atoms with van der Waals surface area (Å²) in [6.07, 6.45) is 1.10.